The van der Waals surface area contributed by atoms with Gasteiger partial charge in [0.05, 0.1) is 23.6 Å². The van der Waals surface area contributed by atoms with Gasteiger partial charge in [0.2, 0.25) is 0 Å². The third kappa shape index (κ3) is 4.49. The van der Waals surface area contributed by atoms with Crippen LogP contribution in [-0.4, -0.2) is 46.0 Å². The lowest BCUT2D eigenvalue weighted by molar-refractivity contribution is 0.530. The van der Waals surface area contributed by atoms with E-state index in [-0.39, 0.29) is 17.9 Å². The number of aromatic amines is 1. The second-order valence-corrected chi connectivity index (χ2v) is 8.84. The molecule has 4 heterocycles. The number of hydrogen-bond acceptors (Lipinski definition) is 6. The Morgan fingerprint density at radius 1 is 1.29 bits per heavy atom. The monoisotopic (exact) mass is 474 g/mol. The van der Waals surface area contributed by atoms with Crippen molar-refractivity contribution in [3.05, 3.63) is 89.5 Å². The van der Waals surface area contributed by atoms with Crippen LogP contribution in [0.15, 0.2) is 66.6 Å². The molecule has 174 valence electrons. The molecule has 0 aliphatic heterocycles. The van der Waals surface area contributed by atoms with Gasteiger partial charge in [-0.15, -0.1) is 11.3 Å². The van der Waals surface area contributed by atoms with Crippen LogP contribution < -0.4 is 5.32 Å². The van der Waals surface area contributed by atoms with E-state index in [0.717, 1.165) is 27.2 Å². The summed E-state index contributed by atoms with van der Waals surface area (Å²) in [6.45, 7) is 5.72. The van der Waals surface area contributed by atoms with Gasteiger partial charge in [-0.1, -0.05) is 18.7 Å². The van der Waals surface area contributed by atoms with Crippen molar-refractivity contribution in [1.29, 1.82) is 0 Å². The van der Waals surface area contributed by atoms with Gasteiger partial charge in [0, 0.05) is 61.0 Å². The highest BCUT2D eigenvalue weighted by Crippen LogP contribution is 2.32. The number of H-pyrrole nitrogens is 1. The predicted octanol–water partition coefficient (Wildman–Crippen LogP) is 5.89. The molecule has 0 amide bonds. The molecule has 0 saturated carbocycles. The Kier molecular flexibility index (Phi) is 6.88. The van der Waals surface area contributed by atoms with Crippen LogP contribution in [0, 0.1) is 5.82 Å². The molecule has 34 heavy (non-hydrogen) atoms. The molecule has 0 radical (unpaired) electrons. The van der Waals surface area contributed by atoms with E-state index in [1.807, 2.05) is 61.8 Å². The normalized spacial score (nSPS) is 12.3. The highest BCUT2D eigenvalue weighted by atomic mass is 32.1. The second kappa shape index (κ2) is 10.0. The summed E-state index contributed by atoms with van der Waals surface area (Å²) in [5.41, 5.74) is 5.55. The van der Waals surface area contributed by atoms with Gasteiger partial charge < -0.3 is 15.2 Å². The van der Waals surface area contributed by atoms with Crippen LogP contribution in [0.1, 0.15) is 24.0 Å². The molecule has 4 aromatic heterocycles. The molecule has 4 aromatic rings. The Morgan fingerprint density at radius 2 is 2.12 bits per heavy atom. The molecule has 0 unspecified atom stereocenters. The van der Waals surface area contributed by atoms with Crippen molar-refractivity contribution in [2.24, 2.45) is 0 Å². The molecule has 0 aliphatic carbocycles. The van der Waals surface area contributed by atoms with E-state index in [1.54, 1.807) is 36.9 Å². The van der Waals surface area contributed by atoms with Gasteiger partial charge in [0.15, 0.2) is 5.82 Å². The molecule has 0 bridgehead atoms. The minimum atomic E-state index is -0.379. The van der Waals surface area contributed by atoms with Crippen LogP contribution in [0.2, 0.25) is 0 Å². The van der Waals surface area contributed by atoms with Gasteiger partial charge in [-0.3, -0.25) is 9.97 Å². The fourth-order valence-corrected chi connectivity index (χ4v) is 4.52. The van der Waals surface area contributed by atoms with Crippen molar-refractivity contribution in [3.8, 4) is 10.4 Å². The maximum Gasteiger partial charge on any atom is 0.155 e. The maximum atomic E-state index is 15.9. The summed E-state index contributed by atoms with van der Waals surface area (Å²) < 4.78 is 15.9. The zero-order valence-electron chi connectivity index (χ0n) is 19.7. The first-order valence-electron chi connectivity index (χ1n) is 10.9. The lowest BCUT2D eigenvalue weighted by Crippen LogP contribution is -2.10. The van der Waals surface area contributed by atoms with E-state index in [1.165, 1.54) is 0 Å². The molecule has 4 rings (SSSR count). The highest BCUT2D eigenvalue weighted by Gasteiger charge is 2.19. The van der Waals surface area contributed by atoms with Gasteiger partial charge in [-0.25, -0.2) is 9.37 Å². The summed E-state index contributed by atoms with van der Waals surface area (Å²) in [5, 5.41) is 5.09. The van der Waals surface area contributed by atoms with E-state index in [2.05, 4.69) is 26.8 Å². The Hall–Kier alpha value is -3.78. The number of nitrogens with zero attached hydrogens (tertiary/aromatic N) is 4. The quantitative estimate of drug-likeness (QED) is 0.312. The Bertz CT molecular complexity index is 1380. The highest BCUT2D eigenvalue weighted by molar-refractivity contribution is 7.13. The molecule has 6 nitrogen and oxygen atoms in total. The van der Waals surface area contributed by atoms with Crippen LogP contribution in [0.4, 0.5) is 10.1 Å². The number of imidazole rings is 1. The van der Waals surface area contributed by atoms with Gasteiger partial charge in [-0.05, 0) is 30.5 Å². The summed E-state index contributed by atoms with van der Waals surface area (Å²) in [7, 11) is 5.59. The summed E-state index contributed by atoms with van der Waals surface area (Å²) in [6.07, 6.45) is 11.0. The van der Waals surface area contributed by atoms with Crippen LogP contribution in [-0.2, 0) is 6.42 Å². The van der Waals surface area contributed by atoms with Crippen molar-refractivity contribution in [2.45, 2.75) is 13.3 Å². The smallest absolute Gasteiger partial charge is 0.155 e. The van der Waals surface area contributed by atoms with Crippen molar-refractivity contribution in [2.75, 3.05) is 26.5 Å². The summed E-state index contributed by atoms with van der Waals surface area (Å²) in [6, 6.07) is 4.04. The standard InChI is InChI=1S/C26H27FN6S/c1-6-16(11-17(7-2)33(4)5)25-24(27)18(20(28-3)15-30-25)12-23-31-21-14-29-13-19(26(21)32-23)22-9-8-10-34-22/h6-11,13-15,28H,2,12H2,1,3-5H3,(H,31,32)/b16-6+,17-11+. The van der Waals surface area contributed by atoms with Crippen LogP contribution in [0.5, 0.6) is 0 Å². The van der Waals surface area contributed by atoms with Crippen LogP contribution >= 0.6 is 11.3 Å². The Morgan fingerprint density at radius 3 is 2.76 bits per heavy atom. The summed E-state index contributed by atoms with van der Waals surface area (Å²) >= 11 is 1.63. The lowest BCUT2D eigenvalue weighted by atomic mass is 10.0. The fraction of sp³-hybridized carbons (Fsp3) is 0.192. The molecule has 0 spiro atoms. The van der Waals surface area contributed by atoms with E-state index >= 15 is 4.39 Å². The number of allylic oxidation sites excluding steroid dienone is 4. The summed E-state index contributed by atoms with van der Waals surface area (Å²) in [5.74, 6) is 0.279. The Balaban J connectivity index is 1.77. The van der Waals surface area contributed by atoms with Gasteiger partial charge >= 0.3 is 0 Å². The average Bonchev–Trinajstić information content (AvgIpc) is 3.51. The number of fused-ring (bicyclic) bond motifs is 1. The van der Waals surface area contributed by atoms with E-state index in [9.17, 15) is 0 Å². The number of rotatable bonds is 8. The average molecular weight is 475 g/mol. The summed E-state index contributed by atoms with van der Waals surface area (Å²) in [4.78, 5) is 19.9. The van der Waals surface area contributed by atoms with Crippen molar-refractivity contribution in [3.63, 3.8) is 0 Å². The first kappa shape index (κ1) is 23.4. The fourth-order valence-electron chi connectivity index (χ4n) is 3.78. The molecular formula is C26H27FN6S. The number of aromatic nitrogens is 4. The van der Waals surface area contributed by atoms with Gasteiger partial charge in [-0.2, -0.15) is 0 Å². The minimum absolute atomic E-state index is 0.277. The maximum absolute atomic E-state index is 15.9. The number of anilines is 1. The van der Waals surface area contributed by atoms with Crippen LogP contribution in [0.25, 0.3) is 27.0 Å². The molecule has 8 heteroatoms. The van der Waals surface area contributed by atoms with Crippen molar-refractivity contribution >= 4 is 33.6 Å². The molecule has 0 aliphatic rings. The number of likely N-dealkylation sites (N-methyl/N-ethyl adjacent to an activating group) is 1. The van der Waals surface area contributed by atoms with Gasteiger partial charge in [0.25, 0.3) is 0 Å². The van der Waals surface area contributed by atoms with Crippen molar-refractivity contribution in [1.82, 2.24) is 24.8 Å². The number of nitrogens with one attached hydrogen (secondary N) is 2. The van der Waals surface area contributed by atoms with E-state index < -0.39 is 0 Å². The topological polar surface area (TPSA) is 69.7 Å². The van der Waals surface area contributed by atoms with Gasteiger partial charge in [0.1, 0.15) is 17.0 Å². The minimum Gasteiger partial charge on any atom is -0.387 e. The zero-order chi connectivity index (χ0) is 24.2. The number of hydrogen-bond donors (Lipinski definition) is 2. The molecule has 0 aromatic carbocycles. The number of halogens is 1. The number of pyridine rings is 2. The molecule has 0 fully saturated rings. The molecule has 2 N–H and O–H groups in total. The van der Waals surface area contributed by atoms with Crippen molar-refractivity contribution < 1.29 is 4.39 Å². The van der Waals surface area contributed by atoms with E-state index in [4.69, 9.17) is 4.98 Å². The first-order valence-corrected chi connectivity index (χ1v) is 11.7. The van der Waals surface area contributed by atoms with Crippen LogP contribution in [0.3, 0.4) is 0 Å². The second-order valence-electron chi connectivity index (χ2n) is 7.90. The largest absolute Gasteiger partial charge is 0.387 e. The number of thiophene rings is 1. The third-order valence-electron chi connectivity index (χ3n) is 5.58. The first-order chi connectivity index (χ1) is 16.5. The SMILES string of the molecule is C=C/C(=C\C(=C/C)c1ncc(NC)c(Cc2nc3c(-c4cccs4)cncc3[nH]2)c1F)N(C)C. The predicted molar refractivity (Wildman–Crippen MR) is 139 cm³/mol. The Labute approximate surface area is 202 Å². The van der Waals surface area contributed by atoms with E-state index in [0.29, 0.717) is 22.6 Å². The molecular weight excluding hydrogens is 447 g/mol. The lowest BCUT2D eigenvalue weighted by Gasteiger charge is -2.16. The molecule has 0 saturated heterocycles. The zero-order valence-corrected chi connectivity index (χ0v) is 20.5. The third-order valence-corrected chi connectivity index (χ3v) is 6.48. The molecule has 0 atom stereocenters.